The van der Waals surface area contributed by atoms with Crippen molar-refractivity contribution in [1.82, 2.24) is 5.32 Å². The summed E-state index contributed by atoms with van der Waals surface area (Å²) in [5.74, 6) is -0.750. The van der Waals surface area contributed by atoms with Crippen LogP contribution >= 0.6 is 11.3 Å². The predicted molar refractivity (Wildman–Crippen MR) is 56.2 cm³/mol. The van der Waals surface area contributed by atoms with E-state index in [9.17, 15) is 9.59 Å². The molecular weight excluding hydrogens is 214 g/mol. The largest absolute Gasteiger partial charge is 0.478 e. The molecule has 0 radical (unpaired) electrons. The van der Waals surface area contributed by atoms with Gasteiger partial charge < -0.3 is 10.4 Å². The van der Waals surface area contributed by atoms with Crippen molar-refractivity contribution < 1.29 is 14.7 Å². The lowest BCUT2D eigenvalue weighted by Gasteiger charge is -2.08. The molecule has 1 fully saturated rings. The Balaban J connectivity index is 2.23. The minimum absolute atomic E-state index is 0.147. The third kappa shape index (κ3) is 1.63. The second kappa shape index (κ2) is 3.34. The molecule has 80 valence electrons. The van der Waals surface area contributed by atoms with Crippen LogP contribution in [0.25, 0.3) is 0 Å². The van der Waals surface area contributed by atoms with Crippen LogP contribution in [-0.2, 0) is 4.79 Å². The van der Waals surface area contributed by atoms with E-state index in [0.717, 1.165) is 11.3 Å². The molecule has 4 nitrogen and oxygen atoms in total. The van der Waals surface area contributed by atoms with Gasteiger partial charge in [-0.3, -0.25) is 4.79 Å². The molecule has 1 saturated carbocycles. The van der Waals surface area contributed by atoms with Crippen LogP contribution in [0.1, 0.15) is 34.5 Å². The van der Waals surface area contributed by atoms with Gasteiger partial charge in [0, 0.05) is 16.3 Å². The van der Waals surface area contributed by atoms with E-state index in [1.54, 1.807) is 11.4 Å². The second-order valence-corrected chi connectivity index (χ2v) is 4.89. The molecule has 1 aliphatic rings. The smallest absolute Gasteiger partial charge is 0.336 e. The van der Waals surface area contributed by atoms with E-state index < -0.39 is 5.97 Å². The van der Waals surface area contributed by atoms with E-state index in [1.807, 2.05) is 6.92 Å². The number of carboxylic acid groups (broad SMARTS) is 1. The third-order valence-electron chi connectivity index (χ3n) is 2.87. The number of carbonyl (C=O) groups is 2. The van der Waals surface area contributed by atoms with Gasteiger partial charge in [0.15, 0.2) is 0 Å². The quantitative estimate of drug-likeness (QED) is 0.762. The van der Waals surface area contributed by atoms with Crippen molar-refractivity contribution in [2.24, 2.45) is 0 Å². The van der Waals surface area contributed by atoms with Gasteiger partial charge in [0.1, 0.15) is 0 Å². The summed E-state index contributed by atoms with van der Waals surface area (Å²) in [6, 6.07) is 1.61. The normalized spacial score (nSPS) is 28.5. The molecule has 1 aromatic heterocycles. The Morgan fingerprint density at radius 1 is 1.80 bits per heavy atom. The zero-order valence-electron chi connectivity index (χ0n) is 8.19. The monoisotopic (exact) mass is 225 g/mol. The van der Waals surface area contributed by atoms with Crippen molar-refractivity contribution in [2.45, 2.75) is 24.8 Å². The second-order valence-electron chi connectivity index (χ2n) is 3.94. The molecule has 0 aliphatic heterocycles. The van der Waals surface area contributed by atoms with Crippen LogP contribution in [0.2, 0.25) is 0 Å². The van der Waals surface area contributed by atoms with E-state index in [0.29, 0.717) is 12.0 Å². The predicted octanol–water partition coefficient (Wildman–Crippen LogP) is 1.44. The first-order chi connectivity index (χ1) is 7.08. The van der Waals surface area contributed by atoms with E-state index in [-0.39, 0.29) is 11.5 Å². The number of aromatic carboxylic acids is 1. The zero-order valence-corrected chi connectivity index (χ0v) is 9.00. The number of hydrogen-bond donors (Lipinski definition) is 2. The summed E-state index contributed by atoms with van der Waals surface area (Å²) in [6.07, 6.45) is 1.49. The Hall–Kier alpha value is -1.36. The van der Waals surface area contributed by atoms with Crippen molar-refractivity contribution in [2.75, 3.05) is 0 Å². The van der Waals surface area contributed by atoms with E-state index in [1.165, 1.54) is 11.3 Å². The van der Waals surface area contributed by atoms with Gasteiger partial charge in [0.25, 0.3) is 0 Å². The highest BCUT2D eigenvalue weighted by atomic mass is 32.1. The Morgan fingerprint density at radius 2 is 2.53 bits per heavy atom. The fraction of sp³-hybridized carbons (Fsp3) is 0.400. The first-order valence-corrected chi connectivity index (χ1v) is 5.48. The molecule has 15 heavy (non-hydrogen) atoms. The fourth-order valence-corrected chi connectivity index (χ4v) is 2.95. The average Bonchev–Trinajstić information content (AvgIpc) is 2.65. The van der Waals surface area contributed by atoms with Gasteiger partial charge in [-0.2, -0.15) is 0 Å². The first kappa shape index (κ1) is 10.2. The molecule has 1 aromatic rings. The standard InChI is InChI=1S/C10H11NO3S/c1-10(11-5-12)4-7(10)8-6(9(13)14)2-3-15-8/h2-3,5,7H,4H2,1H3,(H,11,12)(H,13,14)/t7-,10+/m0/s1. The Bertz CT molecular complexity index is 415. The molecule has 0 saturated heterocycles. The topological polar surface area (TPSA) is 66.4 Å². The summed E-state index contributed by atoms with van der Waals surface area (Å²) in [5, 5.41) is 13.5. The van der Waals surface area contributed by atoms with E-state index in [2.05, 4.69) is 5.32 Å². The Morgan fingerprint density at radius 3 is 3.13 bits per heavy atom. The SMILES string of the molecule is C[C@@]1(NC=O)C[C@H]1c1sccc1C(=O)O. The van der Waals surface area contributed by atoms with Gasteiger partial charge in [0.05, 0.1) is 5.56 Å². The van der Waals surface area contributed by atoms with Crippen LogP contribution in [0, 0.1) is 0 Å². The number of amides is 1. The van der Waals surface area contributed by atoms with Crippen LogP contribution < -0.4 is 5.32 Å². The minimum atomic E-state index is -0.897. The van der Waals surface area contributed by atoms with Crippen LogP contribution in [0.3, 0.4) is 0 Å². The molecule has 0 bridgehead atoms. The highest BCUT2D eigenvalue weighted by Gasteiger charge is 2.52. The number of rotatable bonds is 4. The van der Waals surface area contributed by atoms with Gasteiger partial charge in [-0.1, -0.05) is 0 Å². The summed E-state index contributed by atoms with van der Waals surface area (Å²) >= 11 is 1.44. The van der Waals surface area contributed by atoms with Crippen LogP contribution in [0.15, 0.2) is 11.4 Å². The summed E-state index contributed by atoms with van der Waals surface area (Å²) in [4.78, 5) is 22.1. The molecule has 5 heteroatoms. The molecule has 1 amide bonds. The van der Waals surface area contributed by atoms with Gasteiger partial charge in [-0.25, -0.2) is 4.79 Å². The lowest BCUT2D eigenvalue weighted by Crippen LogP contribution is -2.28. The number of thiophene rings is 1. The van der Waals surface area contributed by atoms with Gasteiger partial charge >= 0.3 is 5.97 Å². The van der Waals surface area contributed by atoms with Gasteiger partial charge in [-0.05, 0) is 24.8 Å². The van der Waals surface area contributed by atoms with Crippen molar-refractivity contribution >= 4 is 23.7 Å². The first-order valence-electron chi connectivity index (χ1n) is 4.60. The van der Waals surface area contributed by atoms with E-state index >= 15 is 0 Å². The Kier molecular flexibility index (Phi) is 2.26. The number of carbonyl (C=O) groups excluding carboxylic acids is 1. The summed E-state index contributed by atoms with van der Waals surface area (Å²) in [7, 11) is 0. The molecule has 1 heterocycles. The lowest BCUT2D eigenvalue weighted by molar-refractivity contribution is -0.110. The third-order valence-corrected chi connectivity index (χ3v) is 3.90. The van der Waals surface area contributed by atoms with Gasteiger partial charge in [0.2, 0.25) is 6.41 Å². The van der Waals surface area contributed by atoms with E-state index in [4.69, 9.17) is 5.11 Å². The van der Waals surface area contributed by atoms with Crippen molar-refractivity contribution in [3.63, 3.8) is 0 Å². The lowest BCUT2D eigenvalue weighted by atomic mass is 10.1. The molecule has 0 aromatic carbocycles. The summed E-state index contributed by atoms with van der Waals surface area (Å²) in [5.41, 5.74) is 0.109. The summed E-state index contributed by atoms with van der Waals surface area (Å²) < 4.78 is 0. The molecule has 0 spiro atoms. The Labute approximate surface area is 90.9 Å². The number of nitrogens with one attached hydrogen (secondary N) is 1. The highest BCUT2D eigenvalue weighted by Crippen LogP contribution is 2.53. The van der Waals surface area contributed by atoms with Crippen LogP contribution in [0.4, 0.5) is 0 Å². The zero-order chi connectivity index (χ0) is 11.1. The maximum absolute atomic E-state index is 10.9. The van der Waals surface area contributed by atoms with Gasteiger partial charge in [-0.15, -0.1) is 11.3 Å². The molecule has 0 unspecified atom stereocenters. The average molecular weight is 225 g/mol. The molecular formula is C10H11NO3S. The maximum Gasteiger partial charge on any atom is 0.336 e. The highest BCUT2D eigenvalue weighted by molar-refractivity contribution is 7.10. The fourth-order valence-electron chi connectivity index (χ4n) is 1.81. The molecule has 1 aliphatic carbocycles. The van der Waals surface area contributed by atoms with Crippen molar-refractivity contribution in [3.05, 3.63) is 21.9 Å². The van der Waals surface area contributed by atoms with Crippen molar-refractivity contribution in [1.29, 1.82) is 0 Å². The summed E-state index contributed by atoms with van der Waals surface area (Å²) in [6.45, 7) is 1.93. The number of hydrogen-bond acceptors (Lipinski definition) is 3. The van der Waals surface area contributed by atoms with Crippen LogP contribution in [0.5, 0.6) is 0 Å². The number of carboxylic acids is 1. The molecule has 2 N–H and O–H groups in total. The minimum Gasteiger partial charge on any atom is -0.478 e. The van der Waals surface area contributed by atoms with Crippen LogP contribution in [-0.4, -0.2) is 23.0 Å². The molecule has 2 rings (SSSR count). The maximum atomic E-state index is 10.9. The molecule has 2 atom stereocenters. The van der Waals surface area contributed by atoms with Crippen molar-refractivity contribution in [3.8, 4) is 0 Å².